The predicted molar refractivity (Wildman–Crippen MR) is 99.2 cm³/mol. The van der Waals surface area contributed by atoms with E-state index in [1.165, 1.54) is 4.80 Å². The van der Waals surface area contributed by atoms with Crippen molar-refractivity contribution in [2.45, 2.75) is 13.5 Å². The smallest absolute Gasteiger partial charge is 0.276 e. The SMILES string of the molecule is COCCN(Cc1ccccc1)C(=O)c1nn(-c2ccccc2)nc1C. The Morgan fingerprint density at radius 1 is 1.04 bits per heavy atom. The van der Waals surface area contributed by atoms with Crippen LogP contribution in [0.4, 0.5) is 0 Å². The third-order valence-electron chi connectivity index (χ3n) is 4.04. The first-order chi connectivity index (χ1) is 12.7. The Morgan fingerprint density at radius 3 is 2.35 bits per heavy atom. The highest BCUT2D eigenvalue weighted by molar-refractivity contribution is 5.93. The van der Waals surface area contributed by atoms with Crippen molar-refractivity contribution in [2.24, 2.45) is 0 Å². The van der Waals surface area contributed by atoms with E-state index in [9.17, 15) is 4.79 Å². The number of hydrogen-bond donors (Lipinski definition) is 0. The second-order valence-electron chi connectivity index (χ2n) is 5.96. The quantitative estimate of drug-likeness (QED) is 0.657. The number of amides is 1. The molecule has 0 aliphatic carbocycles. The van der Waals surface area contributed by atoms with Gasteiger partial charge in [0.2, 0.25) is 0 Å². The van der Waals surface area contributed by atoms with E-state index < -0.39 is 0 Å². The van der Waals surface area contributed by atoms with Gasteiger partial charge in [-0.15, -0.1) is 5.10 Å². The molecule has 1 heterocycles. The highest BCUT2D eigenvalue weighted by atomic mass is 16.5. The van der Waals surface area contributed by atoms with E-state index in [0.29, 0.717) is 31.1 Å². The lowest BCUT2D eigenvalue weighted by atomic mass is 10.2. The van der Waals surface area contributed by atoms with Gasteiger partial charge < -0.3 is 9.64 Å². The van der Waals surface area contributed by atoms with Gasteiger partial charge in [0, 0.05) is 20.2 Å². The van der Waals surface area contributed by atoms with Crippen molar-refractivity contribution in [2.75, 3.05) is 20.3 Å². The fourth-order valence-corrected chi connectivity index (χ4v) is 2.66. The monoisotopic (exact) mass is 350 g/mol. The summed E-state index contributed by atoms with van der Waals surface area (Å²) in [5.74, 6) is -0.148. The Balaban J connectivity index is 1.85. The fourth-order valence-electron chi connectivity index (χ4n) is 2.66. The maximum absolute atomic E-state index is 13.1. The minimum Gasteiger partial charge on any atom is -0.383 e. The molecule has 0 radical (unpaired) electrons. The van der Waals surface area contributed by atoms with E-state index in [0.717, 1.165) is 11.3 Å². The Labute approximate surface area is 153 Å². The van der Waals surface area contributed by atoms with Gasteiger partial charge >= 0.3 is 0 Å². The molecular weight excluding hydrogens is 328 g/mol. The van der Waals surface area contributed by atoms with Gasteiger partial charge in [0.05, 0.1) is 18.0 Å². The molecule has 0 saturated heterocycles. The number of aryl methyl sites for hydroxylation is 1. The average Bonchev–Trinajstić information content (AvgIpc) is 3.08. The molecule has 26 heavy (non-hydrogen) atoms. The van der Waals surface area contributed by atoms with E-state index in [-0.39, 0.29) is 5.91 Å². The molecule has 0 atom stereocenters. The molecular formula is C20H22N4O2. The minimum atomic E-state index is -0.148. The lowest BCUT2D eigenvalue weighted by molar-refractivity contribution is 0.0673. The number of para-hydroxylation sites is 1. The van der Waals surface area contributed by atoms with Gasteiger partial charge in [-0.05, 0) is 24.6 Å². The van der Waals surface area contributed by atoms with Crippen LogP contribution >= 0.6 is 0 Å². The number of carbonyl (C=O) groups is 1. The van der Waals surface area contributed by atoms with Gasteiger partial charge in [0.15, 0.2) is 5.69 Å². The van der Waals surface area contributed by atoms with Crippen LogP contribution in [0.15, 0.2) is 60.7 Å². The molecule has 0 aliphatic rings. The molecule has 0 fully saturated rings. The van der Waals surface area contributed by atoms with Crippen LogP contribution in [0.1, 0.15) is 21.7 Å². The molecule has 2 aromatic carbocycles. The molecule has 0 bridgehead atoms. The van der Waals surface area contributed by atoms with Gasteiger partial charge in [-0.2, -0.15) is 9.90 Å². The fraction of sp³-hybridized carbons (Fsp3) is 0.250. The zero-order valence-corrected chi connectivity index (χ0v) is 15.0. The standard InChI is InChI=1S/C20H22N4O2/c1-16-19(22-24(21-16)18-11-7-4-8-12-18)20(25)23(13-14-26-2)15-17-9-5-3-6-10-17/h3-12H,13-15H2,1-2H3. The summed E-state index contributed by atoms with van der Waals surface area (Å²) in [6.07, 6.45) is 0. The van der Waals surface area contributed by atoms with Crippen molar-refractivity contribution >= 4 is 5.91 Å². The Hall–Kier alpha value is -2.99. The molecule has 3 rings (SSSR count). The van der Waals surface area contributed by atoms with Crippen LogP contribution in [0.3, 0.4) is 0 Å². The topological polar surface area (TPSA) is 60.2 Å². The molecule has 0 unspecified atom stereocenters. The molecule has 134 valence electrons. The van der Waals surface area contributed by atoms with E-state index in [4.69, 9.17) is 4.74 Å². The molecule has 0 N–H and O–H groups in total. The van der Waals surface area contributed by atoms with Crippen LogP contribution in [0.25, 0.3) is 5.69 Å². The summed E-state index contributed by atoms with van der Waals surface area (Å²) in [5.41, 5.74) is 2.85. The number of ether oxygens (including phenoxy) is 1. The predicted octanol–water partition coefficient (Wildman–Crippen LogP) is 2.86. The molecule has 3 aromatic rings. The number of aromatic nitrogens is 3. The van der Waals surface area contributed by atoms with Crippen LogP contribution in [0, 0.1) is 6.92 Å². The van der Waals surface area contributed by atoms with Crippen LogP contribution in [-0.2, 0) is 11.3 Å². The van der Waals surface area contributed by atoms with Crippen molar-refractivity contribution in [1.29, 1.82) is 0 Å². The molecule has 6 heteroatoms. The normalized spacial score (nSPS) is 10.7. The largest absolute Gasteiger partial charge is 0.383 e. The zero-order valence-electron chi connectivity index (χ0n) is 15.0. The summed E-state index contributed by atoms with van der Waals surface area (Å²) in [5, 5.41) is 8.82. The zero-order chi connectivity index (χ0) is 18.4. The van der Waals surface area contributed by atoms with Crippen molar-refractivity contribution in [3.8, 4) is 5.69 Å². The third kappa shape index (κ3) is 4.15. The number of nitrogens with zero attached hydrogens (tertiary/aromatic N) is 4. The maximum atomic E-state index is 13.1. The van der Waals surface area contributed by atoms with Crippen LogP contribution < -0.4 is 0 Å². The van der Waals surface area contributed by atoms with E-state index in [1.807, 2.05) is 60.7 Å². The second kappa shape index (κ2) is 8.40. The van der Waals surface area contributed by atoms with Gasteiger partial charge in [-0.3, -0.25) is 4.79 Å². The summed E-state index contributed by atoms with van der Waals surface area (Å²) in [6.45, 7) is 3.25. The van der Waals surface area contributed by atoms with Crippen LogP contribution in [0.5, 0.6) is 0 Å². The van der Waals surface area contributed by atoms with Crippen molar-refractivity contribution in [3.05, 3.63) is 77.6 Å². The minimum absolute atomic E-state index is 0.148. The highest BCUT2D eigenvalue weighted by Crippen LogP contribution is 2.13. The Bertz CT molecular complexity index is 847. The molecule has 1 amide bonds. The molecule has 1 aromatic heterocycles. The number of rotatable bonds is 7. The first-order valence-corrected chi connectivity index (χ1v) is 8.50. The second-order valence-corrected chi connectivity index (χ2v) is 5.96. The summed E-state index contributed by atoms with van der Waals surface area (Å²) in [7, 11) is 1.63. The number of methoxy groups -OCH3 is 1. The summed E-state index contributed by atoms with van der Waals surface area (Å²) < 4.78 is 5.17. The summed E-state index contributed by atoms with van der Waals surface area (Å²) in [6, 6.07) is 19.4. The Morgan fingerprint density at radius 2 is 1.69 bits per heavy atom. The summed E-state index contributed by atoms with van der Waals surface area (Å²) in [4.78, 5) is 16.3. The first-order valence-electron chi connectivity index (χ1n) is 8.50. The number of hydrogen-bond acceptors (Lipinski definition) is 4. The lowest BCUT2D eigenvalue weighted by Crippen LogP contribution is -2.34. The first kappa shape index (κ1) is 17.8. The molecule has 6 nitrogen and oxygen atoms in total. The van der Waals surface area contributed by atoms with E-state index >= 15 is 0 Å². The maximum Gasteiger partial charge on any atom is 0.276 e. The third-order valence-corrected chi connectivity index (χ3v) is 4.04. The van der Waals surface area contributed by atoms with Gasteiger partial charge in [-0.25, -0.2) is 0 Å². The summed E-state index contributed by atoms with van der Waals surface area (Å²) >= 11 is 0. The average molecular weight is 350 g/mol. The van der Waals surface area contributed by atoms with Gasteiger partial charge in [0.25, 0.3) is 5.91 Å². The van der Waals surface area contributed by atoms with Crippen LogP contribution in [0.2, 0.25) is 0 Å². The lowest BCUT2D eigenvalue weighted by Gasteiger charge is -2.21. The number of benzene rings is 2. The highest BCUT2D eigenvalue weighted by Gasteiger charge is 2.22. The Kier molecular flexibility index (Phi) is 5.76. The van der Waals surface area contributed by atoms with Crippen LogP contribution in [-0.4, -0.2) is 46.1 Å². The molecule has 0 aliphatic heterocycles. The van der Waals surface area contributed by atoms with E-state index in [2.05, 4.69) is 10.2 Å². The van der Waals surface area contributed by atoms with Gasteiger partial charge in [0.1, 0.15) is 0 Å². The van der Waals surface area contributed by atoms with Crippen molar-refractivity contribution in [3.63, 3.8) is 0 Å². The van der Waals surface area contributed by atoms with Crippen molar-refractivity contribution in [1.82, 2.24) is 19.9 Å². The molecule has 0 saturated carbocycles. The number of carbonyl (C=O) groups excluding carboxylic acids is 1. The van der Waals surface area contributed by atoms with E-state index in [1.54, 1.807) is 18.9 Å². The van der Waals surface area contributed by atoms with Gasteiger partial charge in [-0.1, -0.05) is 48.5 Å². The molecule has 0 spiro atoms. The van der Waals surface area contributed by atoms with Crippen molar-refractivity contribution < 1.29 is 9.53 Å².